The summed E-state index contributed by atoms with van der Waals surface area (Å²) >= 11 is 0. The SMILES string of the molecule is CC1CC(N(c2ccccc2)c2ccc3c(c2)C(c2ccccc2)(c2ccccc2)c2cc(N(c4ccccc4)c4ccc(-c5ccccc5)cc4)c4ccccc4c2-3)=CC=C1c1ccccc1. The molecular weight excluding hydrogens is 821 g/mol. The Labute approximate surface area is 400 Å². The van der Waals surface area contributed by atoms with Crippen LogP contribution in [0.25, 0.3) is 38.6 Å². The summed E-state index contributed by atoms with van der Waals surface area (Å²) in [4.78, 5) is 4.95. The van der Waals surface area contributed by atoms with Gasteiger partial charge in [-0.15, -0.1) is 0 Å². The summed E-state index contributed by atoms with van der Waals surface area (Å²) < 4.78 is 0. The lowest BCUT2D eigenvalue weighted by atomic mass is 9.67. The topological polar surface area (TPSA) is 6.48 Å². The van der Waals surface area contributed by atoms with E-state index < -0.39 is 5.41 Å². The maximum atomic E-state index is 2.52. The van der Waals surface area contributed by atoms with Gasteiger partial charge in [-0.3, -0.25) is 0 Å². The molecule has 68 heavy (non-hydrogen) atoms. The van der Waals surface area contributed by atoms with Gasteiger partial charge in [0.2, 0.25) is 0 Å². The highest BCUT2D eigenvalue weighted by molar-refractivity contribution is 6.11. The number of allylic oxidation sites excluding steroid dienone is 4. The molecule has 1 unspecified atom stereocenters. The second-order valence-corrected chi connectivity index (χ2v) is 18.1. The van der Waals surface area contributed by atoms with Gasteiger partial charge in [-0.25, -0.2) is 0 Å². The highest BCUT2D eigenvalue weighted by Gasteiger charge is 2.48. The molecule has 0 amide bonds. The largest absolute Gasteiger partial charge is 0.314 e. The van der Waals surface area contributed by atoms with Crippen molar-refractivity contribution in [3.05, 3.63) is 300 Å². The number of hydrogen-bond donors (Lipinski definition) is 0. The predicted molar refractivity (Wildman–Crippen MR) is 286 cm³/mol. The summed E-state index contributed by atoms with van der Waals surface area (Å²) in [5.74, 6) is 0.335. The van der Waals surface area contributed by atoms with Crippen molar-refractivity contribution >= 4 is 44.8 Å². The van der Waals surface area contributed by atoms with E-state index in [4.69, 9.17) is 0 Å². The maximum absolute atomic E-state index is 2.52. The molecule has 0 saturated carbocycles. The lowest BCUT2D eigenvalue weighted by molar-refractivity contribution is 0.715. The van der Waals surface area contributed by atoms with Crippen LogP contribution in [0.5, 0.6) is 0 Å². The number of rotatable bonds is 10. The first kappa shape index (κ1) is 41.0. The molecule has 2 nitrogen and oxygen atoms in total. The van der Waals surface area contributed by atoms with Crippen LogP contribution >= 0.6 is 0 Å². The van der Waals surface area contributed by atoms with Gasteiger partial charge in [0, 0.05) is 33.8 Å². The van der Waals surface area contributed by atoms with Crippen LogP contribution in [0.3, 0.4) is 0 Å². The van der Waals surface area contributed by atoms with E-state index >= 15 is 0 Å². The molecule has 0 fully saturated rings. The first-order chi connectivity index (χ1) is 33.7. The molecule has 0 saturated heterocycles. The third-order valence-electron chi connectivity index (χ3n) is 14.2. The van der Waals surface area contributed by atoms with E-state index in [9.17, 15) is 0 Å². The highest BCUT2D eigenvalue weighted by atomic mass is 15.2. The zero-order chi connectivity index (χ0) is 45.4. The van der Waals surface area contributed by atoms with E-state index in [-0.39, 0.29) is 0 Å². The van der Waals surface area contributed by atoms with Gasteiger partial charge in [0.25, 0.3) is 0 Å². The Kier molecular flexibility index (Phi) is 10.5. The standard InChI is InChI=1S/C66H50N2/c1-47-44-56(40-42-58(47)50-24-10-3-11-25-50)67(53-30-16-6-17-31-53)57-41-43-61-62(45-57)66(51-26-12-4-13-27-51,52-28-14-5-15-29-52)63-46-64(59-34-20-21-35-60(59)65(61)63)68(54-32-18-7-19-33-54)55-38-36-49(37-39-55)48-22-8-2-9-23-48/h2-43,45-47H,44H2,1H3. The van der Waals surface area contributed by atoms with Crippen molar-refractivity contribution in [2.75, 3.05) is 9.80 Å². The molecule has 0 N–H and O–H groups in total. The van der Waals surface area contributed by atoms with Gasteiger partial charge in [0.15, 0.2) is 0 Å². The summed E-state index contributed by atoms with van der Waals surface area (Å²) in [6, 6.07) is 93.6. The molecule has 0 aromatic heterocycles. The van der Waals surface area contributed by atoms with Crippen LogP contribution in [-0.4, -0.2) is 0 Å². The number of nitrogens with zero attached hydrogens (tertiary/aromatic N) is 2. The Morgan fingerprint density at radius 1 is 0.382 bits per heavy atom. The number of hydrogen-bond acceptors (Lipinski definition) is 2. The predicted octanol–water partition coefficient (Wildman–Crippen LogP) is 17.5. The van der Waals surface area contributed by atoms with Gasteiger partial charge in [-0.05, 0) is 134 Å². The fourth-order valence-corrected chi connectivity index (χ4v) is 11.2. The molecule has 0 heterocycles. The van der Waals surface area contributed by atoms with E-state index in [0.29, 0.717) is 5.92 Å². The quantitative estimate of drug-likeness (QED) is 0.135. The molecule has 0 bridgehead atoms. The van der Waals surface area contributed by atoms with Crippen LogP contribution in [0.4, 0.5) is 28.4 Å². The summed E-state index contributed by atoms with van der Waals surface area (Å²) in [5.41, 5.74) is 18.8. The second-order valence-electron chi connectivity index (χ2n) is 18.1. The molecule has 2 heteroatoms. The normalized spacial score (nSPS) is 14.6. The molecule has 0 aliphatic heterocycles. The molecule has 1 atom stereocenters. The average molecular weight is 871 g/mol. The Morgan fingerprint density at radius 2 is 0.853 bits per heavy atom. The van der Waals surface area contributed by atoms with Gasteiger partial charge < -0.3 is 9.80 Å². The van der Waals surface area contributed by atoms with Crippen molar-refractivity contribution < 1.29 is 0 Å². The molecule has 2 aliphatic rings. The lowest BCUT2D eigenvalue weighted by Gasteiger charge is -2.36. The molecule has 2 aliphatic carbocycles. The van der Waals surface area contributed by atoms with Crippen molar-refractivity contribution in [3.8, 4) is 22.3 Å². The van der Waals surface area contributed by atoms with Crippen molar-refractivity contribution in [1.29, 1.82) is 0 Å². The Morgan fingerprint density at radius 3 is 1.44 bits per heavy atom. The second kappa shape index (κ2) is 17.4. The Bertz CT molecular complexity index is 3410. The van der Waals surface area contributed by atoms with Crippen LogP contribution < -0.4 is 9.80 Å². The average Bonchev–Trinajstić information content (AvgIpc) is 3.71. The van der Waals surface area contributed by atoms with Crippen LogP contribution in [0, 0.1) is 5.92 Å². The monoisotopic (exact) mass is 870 g/mol. The van der Waals surface area contributed by atoms with E-state index in [2.05, 4.69) is 284 Å². The minimum atomic E-state index is -0.668. The summed E-state index contributed by atoms with van der Waals surface area (Å²) in [6.45, 7) is 2.36. The fourth-order valence-electron chi connectivity index (χ4n) is 11.2. The van der Waals surface area contributed by atoms with E-state index in [0.717, 1.165) is 34.9 Å². The number of fused-ring (bicyclic) bond motifs is 5. The summed E-state index contributed by atoms with van der Waals surface area (Å²) in [5, 5.41) is 2.43. The summed E-state index contributed by atoms with van der Waals surface area (Å²) in [6.07, 6.45) is 5.60. The highest BCUT2D eigenvalue weighted by Crippen LogP contribution is 2.60. The molecule has 10 aromatic rings. The Balaban J connectivity index is 1.12. The van der Waals surface area contributed by atoms with Crippen molar-refractivity contribution in [3.63, 3.8) is 0 Å². The Hall–Kier alpha value is -8.46. The first-order valence-corrected chi connectivity index (χ1v) is 23.8. The molecule has 0 spiro atoms. The number of para-hydroxylation sites is 2. The minimum Gasteiger partial charge on any atom is -0.314 e. The van der Waals surface area contributed by atoms with E-state index in [1.165, 1.54) is 72.1 Å². The van der Waals surface area contributed by atoms with E-state index in [1.54, 1.807) is 0 Å². The first-order valence-electron chi connectivity index (χ1n) is 23.8. The summed E-state index contributed by atoms with van der Waals surface area (Å²) in [7, 11) is 0. The van der Waals surface area contributed by atoms with Gasteiger partial charge in [0.1, 0.15) is 0 Å². The zero-order valence-corrected chi connectivity index (χ0v) is 38.1. The number of benzene rings is 10. The van der Waals surface area contributed by atoms with Crippen LogP contribution in [-0.2, 0) is 5.41 Å². The van der Waals surface area contributed by atoms with E-state index in [1.807, 2.05) is 0 Å². The smallest absolute Gasteiger partial charge is 0.0715 e. The lowest BCUT2D eigenvalue weighted by Crippen LogP contribution is -2.29. The third kappa shape index (κ3) is 6.96. The maximum Gasteiger partial charge on any atom is 0.0715 e. The minimum absolute atomic E-state index is 0.335. The van der Waals surface area contributed by atoms with Crippen LogP contribution in [0.15, 0.2) is 273 Å². The fraction of sp³-hybridized carbons (Fsp3) is 0.0606. The van der Waals surface area contributed by atoms with Gasteiger partial charge in [0.05, 0.1) is 11.1 Å². The van der Waals surface area contributed by atoms with Crippen molar-refractivity contribution in [1.82, 2.24) is 0 Å². The molecule has 0 radical (unpaired) electrons. The molecule has 10 aromatic carbocycles. The third-order valence-corrected chi connectivity index (χ3v) is 14.2. The van der Waals surface area contributed by atoms with Crippen LogP contribution in [0.2, 0.25) is 0 Å². The van der Waals surface area contributed by atoms with Crippen molar-refractivity contribution in [2.45, 2.75) is 18.8 Å². The van der Waals surface area contributed by atoms with Gasteiger partial charge in [-0.2, -0.15) is 0 Å². The zero-order valence-electron chi connectivity index (χ0n) is 38.1. The van der Waals surface area contributed by atoms with Gasteiger partial charge in [-0.1, -0.05) is 213 Å². The molecule has 324 valence electrons. The molecular formula is C66H50N2. The van der Waals surface area contributed by atoms with Crippen molar-refractivity contribution in [2.24, 2.45) is 5.92 Å². The van der Waals surface area contributed by atoms with Crippen LogP contribution in [0.1, 0.15) is 41.2 Å². The van der Waals surface area contributed by atoms with Gasteiger partial charge >= 0.3 is 0 Å². The molecule has 12 rings (SSSR count). The number of anilines is 5.